The molecule has 0 saturated heterocycles. The third kappa shape index (κ3) is 76.6. The molecule has 0 aromatic heterocycles. The Morgan fingerprint density at radius 2 is 0.466 bits per heavy atom. The Morgan fingerprint density at radius 1 is 0.272 bits per heavy atom. The number of rotatable bonds is 81. The van der Waals surface area contributed by atoms with Crippen LogP contribution in [-0.2, 0) is 65.4 Å². The third-order valence-electron chi connectivity index (χ3n) is 19.9. The highest BCUT2D eigenvalue weighted by Crippen LogP contribution is 2.45. The van der Waals surface area contributed by atoms with Crippen molar-refractivity contribution in [2.45, 2.75) is 453 Å². The van der Waals surface area contributed by atoms with Gasteiger partial charge in [0.05, 0.1) is 26.4 Å². The molecule has 0 rings (SSSR count). The maximum Gasteiger partial charge on any atom is 0.472 e. The quantitative estimate of drug-likeness (QED) is 0.0222. The predicted molar refractivity (Wildman–Crippen MR) is 423 cm³/mol. The zero-order valence-electron chi connectivity index (χ0n) is 68.0. The van der Waals surface area contributed by atoms with E-state index in [1.54, 1.807) is 0 Å². The number of phosphoric acid groups is 2. The molecule has 17 nitrogen and oxygen atoms in total. The van der Waals surface area contributed by atoms with Gasteiger partial charge in [0.25, 0.3) is 0 Å². The van der Waals surface area contributed by atoms with Crippen molar-refractivity contribution in [3.63, 3.8) is 0 Å². The molecular weight excluding hydrogens is 1340 g/mol. The van der Waals surface area contributed by atoms with Crippen LogP contribution in [-0.4, -0.2) is 96.7 Å². The third-order valence-corrected chi connectivity index (χ3v) is 21.8. The number of aliphatic hydroxyl groups excluding tert-OH is 1. The lowest BCUT2D eigenvalue weighted by atomic mass is 9.99. The van der Waals surface area contributed by atoms with E-state index in [1.165, 1.54) is 231 Å². The summed E-state index contributed by atoms with van der Waals surface area (Å²) >= 11 is 0. The van der Waals surface area contributed by atoms with Crippen LogP contribution in [0.5, 0.6) is 0 Å². The maximum absolute atomic E-state index is 13.1. The van der Waals surface area contributed by atoms with Crippen LogP contribution in [0.2, 0.25) is 0 Å². The fourth-order valence-electron chi connectivity index (χ4n) is 12.9. The lowest BCUT2D eigenvalue weighted by Crippen LogP contribution is -2.30. The summed E-state index contributed by atoms with van der Waals surface area (Å²) in [5.41, 5.74) is 0. The van der Waals surface area contributed by atoms with Crippen LogP contribution in [0.3, 0.4) is 0 Å². The first kappa shape index (κ1) is 101. The fourth-order valence-corrected chi connectivity index (χ4v) is 14.5. The largest absolute Gasteiger partial charge is 0.472 e. The van der Waals surface area contributed by atoms with Crippen molar-refractivity contribution in [2.75, 3.05) is 39.6 Å². The van der Waals surface area contributed by atoms with E-state index >= 15 is 0 Å². The molecule has 0 aliphatic rings. The average molecular weight is 1510 g/mol. The summed E-state index contributed by atoms with van der Waals surface area (Å²) in [4.78, 5) is 73.1. The molecule has 612 valence electrons. The normalized spacial score (nSPS) is 14.2. The number of carbonyl (C=O) groups excluding carboxylic acids is 4. The topological polar surface area (TPSA) is 237 Å². The van der Waals surface area contributed by atoms with Crippen LogP contribution in [0.1, 0.15) is 434 Å². The zero-order chi connectivity index (χ0) is 76.0. The highest BCUT2D eigenvalue weighted by molar-refractivity contribution is 7.47. The van der Waals surface area contributed by atoms with Crippen LogP contribution in [0.25, 0.3) is 0 Å². The van der Waals surface area contributed by atoms with Crippen LogP contribution in [0.4, 0.5) is 0 Å². The van der Waals surface area contributed by atoms with Gasteiger partial charge in [0.1, 0.15) is 19.3 Å². The molecule has 0 aliphatic heterocycles. The Morgan fingerprint density at radius 3 is 0.689 bits per heavy atom. The molecule has 0 amide bonds. The van der Waals surface area contributed by atoms with Gasteiger partial charge in [-0.25, -0.2) is 9.13 Å². The summed E-state index contributed by atoms with van der Waals surface area (Å²) in [5.74, 6) is 1.04. The van der Waals surface area contributed by atoms with E-state index in [9.17, 15) is 43.2 Å². The second-order valence-electron chi connectivity index (χ2n) is 31.9. The maximum atomic E-state index is 13.1. The molecule has 0 aliphatic carbocycles. The van der Waals surface area contributed by atoms with Crippen molar-refractivity contribution in [3.05, 3.63) is 0 Å². The number of hydrogen-bond donors (Lipinski definition) is 3. The van der Waals surface area contributed by atoms with E-state index in [0.717, 1.165) is 114 Å². The minimum atomic E-state index is -4.96. The van der Waals surface area contributed by atoms with E-state index in [-0.39, 0.29) is 25.7 Å². The first-order valence-electron chi connectivity index (χ1n) is 43.2. The fraction of sp³-hybridized carbons (Fsp3) is 0.952. The first-order chi connectivity index (χ1) is 49.6. The Hall–Kier alpha value is -1.94. The monoisotopic (exact) mass is 1510 g/mol. The molecule has 4 unspecified atom stereocenters. The molecule has 0 bridgehead atoms. The van der Waals surface area contributed by atoms with Crippen molar-refractivity contribution in [1.29, 1.82) is 0 Å². The molecule has 0 radical (unpaired) electrons. The molecule has 3 N–H and O–H groups in total. The van der Waals surface area contributed by atoms with Crippen molar-refractivity contribution < 1.29 is 80.2 Å². The van der Waals surface area contributed by atoms with E-state index in [4.69, 9.17) is 37.0 Å². The summed E-state index contributed by atoms with van der Waals surface area (Å²) < 4.78 is 68.8. The summed E-state index contributed by atoms with van der Waals surface area (Å²) in [6.45, 7) is 14.3. The molecular formula is C84H164O17P2. The van der Waals surface area contributed by atoms with Gasteiger partial charge in [0, 0.05) is 25.7 Å². The Kier molecular flexibility index (Phi) is 71.5. The minimum absolute atomic E-state index is 0.107. The number of phosphoric ester groups is 2. The lowest BCUT2D eigenvalue weighted by molar-refractivity contribution is -0.161. The van der Waals surface area contributed by atoms with E-state index in [2.05, 4.69) is 55.4 Å². The Bertz CT molecular complexity index is 2010. The SMILES string of the molecule is CCC(C)CCCCCCCCCCCCCCCCC(=O)O[C@H](COC(=O)CCCCCCCCCC(C)C)COP(=O)(O)OCC(O)COP(=O)(O)OC[C@@H](COC(=O)CCCCCCCCCCCCCCCCCC(C)C)OC(=O)CCCCCCCCCCCCCCCCC(C)C. The predicted octanol–water partition coefficient (Wildman–Crippen LogP) is 25.2. The average Bonchev–Trinajstić information content (AvgIpc) is 0.910. The number of esters is 4. The molecule has 0 spiro atoms. The van der Waals surface area contributed by atoms with Gasteiger partial charge in [-0.3, -0.25) is 37.3 Å². The molecule has 0 aromatic carbocycles. The second-order valence-corrected chi connectivity index (χ2v) is 34.8. The van der Waals surface area contributed by atoms with Gasteiger partial charge in [0.2, 0.25) is 0 Å². The number of ether oxygens (including phenoxy) is 4. The first-order valence-corrected chi connectivity index (χ1v) is 46.2. The molecule has 6 atom stereocenters. The summed E-state index contributed by atoms with van der Waals surface area (Å²) in [5, 5.41) is 10.7. The lowest BCUT2D eigenvalue weighted by Gasteiger charge is -2.21. The van der Waals surface area contributed by atoms with Crippen LogP contribution < -0.4 is 0 Å². The van der Waals surface area contributed by atoms with Crippen molar-refractivity contribution in [1.82, 2.24) is 0 Å². The molecule has 0 fully saturated rings. The summed E-state index contributed by atoms with van der Waals surface area (Å²) in [6, 6.07) is 0. The standard InChI is InChI=1S/C84H164O17P2/c1-9-77(8)63-55-47-39-31-25-19-14-16-22-28-34-42-51-59-67-84(89)101-80(71-95-82(87)65-57-49-43-35-38-46-54-62-76(6)7)73-99-103(92,93)97-69-78(85)68-96-102(90,91)98-72-79(100-83(88)66-58-50-41-33-27-21-15-13-18-24-30-37-45-53-61-75(4)5)70-94-81(86)64-56-48-40-32-26-20-12-10-11-17-23-29-36-44-52-60-74(2)3/h74-80,85H,9-73H2,1-8H3,(H,90,91)(H,92,93)/t77?,78?,79-,80-/m1/s1. The smallest absolute Gasteiger partial charge is 0.462 e. The van der Waals surface area contributed by atoms with Crippen molar-refractivity contribution in [3.8, 4) is 0 Å². The van der Waals surface area contributed by atoms with Gasteiger partial charge in [-0.15, -0.1) is 0 Å². The second kappa shape index (κ2) is 72.9. The number of aliphatic hydroxyl groups is 1. The van der Waals surface area contributed by atoms with E-state index in [1.807, 2.05) is 0 Å². The minimum Gasteiger partial charge on any atom is -0.462 e. The van der Waals surface area contributed by atoms with Gasteiger partial charge < -0.3 is 33.8 Å². The van der Waals surface area contributed by atoms with E-state index < -0.39 is 97.5 Å². The Labute approximate surface area is 632 Å². The highest BCUT2D eigenvalue weighted by atomic mass is 31.2. The number of unbranched alkanes of at least 4 members (excludes halogenated alkanes) is 46. The Balaban J connectivity index is 5.24. The van der Waals surface area contributed by atoms with Crippen molar-refractivity contribution in [2.24, 2.45) is 23.7 Å². The zero-order valence-corrected chi connectivity index (χ0v) is 69.7. The van der Waals surface area contributed by atoms with Gasteiger partial charge >= 0.3 is 39.5 Å². The molecule has 0 aromatic rings. The molecule has 0 heterocycles. The molecule has 19 heteroatoms. The molecule has 103 heavy (non-hydrogen) atoms. The van der Waals surface area contributed by atoms with Crippen molar-refractivity contribution >= 4 is 39.5 Å². The van der Waals surface area contributed by atoms with E-state index in [0.29, 0.717) is 31.6 Å². The van der Waals surface area contributed by atoms with Gasteiger partial charge in [-0.05, 0) is 49.4 Å². The number of hydrogen-bond acceptors (Lipinski definition) is 15. The van der Waals surface area contributed by atoms with Gasteiger partial charge in [-0.2, -0.15) is 0 Å². The molecule has 0 saturated carbocycles. The number of carbonyl (C=O) groups is 4. The van der Waals surface area contributed by atoms with Crippen LogP contribution in [0, 0.1) is 23.7 Å². The van der Waals surface area contributed by atoms with Crippen LogP contribution in [0.15, 0.2) is 0 Å². The summed E-state index contributed by atoms with van der Waals surface area (Å²) in [7, 11) is -9.93. The van der Waals surface area contributed by atoms with Gasteiger partial charge in [-0.1, -0.05) is 383 Å². The van der Waals surface area contributed by atoms with Crippen LogP contribution >= 0.6 is 15.6 Å². The highest BCUT2D eigenvalue weighted by Gasteiger charge is 2.30. The summed E-state index contributed by atoms with van der Waals surface area (Å²) in [6.07, 6.45) is 61.0. The van der Waals surface area contributed by atoms with Gasteiger partial charge in [0.15, 0.2) is 12.2 Å².